The monoisotopic (exact) mass is 313 g/mol. The molecule has 0 amide bonds. The number of ether oxygens (including phenoxy) is 2. The fourth-order valence-corrected chi connectivity index (χ4v) is 2.58. The van der Waals surface area contributed by atoms with E-state index in [1.807, 2.05) is 56.3 Å². The highest BCUT2D eigenvalue weighted by atomic mass is 16.6. The third-order valence-corrected chi connectivity index (χ3v) is 3.89. The summed E-state index contributed by atoms with van der Waals surface area (Å²) in [7, 11) is 0. The molecule has 0 N–H and O–H groups in total. The zero-order valence-corrected chi connectivity index (χ0v) is 13.2. The highest BCUT2D eigenvalue weighted by molar-refractivity contribution is 5.87. The second kappa shape index (κ2) is 6.34. The molecule has 0 aliphatic carbocycles. The number of benzene rings is 1. The number of hydrogen-bond donors (Lipinski definition) is 0. The van der Waals surface area contributed by atoms with Gasteiger partial charge in [-0.15, -0.1) is 5.10 Å². The van der Waals surface area contributed by atoms with Crippen molar-refractivity contribution in [3.05, 3.63) is 59.9 Å². The smallest absolute Gasteiger partial charge is 0.359 e. The first-order chi connectivity index (χ1) is 11.2. The number of aromatic nitrogens is 3. The molecule has 1 fully saturated rings. The van der Waals surface area contributed by atoms with Crippen LogP contribution in [0.25, 0.3) is 0 Å². The summed E-state index contributed by atoms with van der Waals surface area (Å²) in [6, 6.07) is 9.72. The number of nitrogens with zero attached hydrogens (tertiary/aromatic N) is 3. The lowest BCUT2D eigenvalue weighted by atomic mass is 10.0. The molecular formula is C17H19N3O3. The molecule has 6 heteroatoms. The van der Waals surface area contributed by atoms with Crippen LogP contribution < -0.4 is 0 Å². The number of hydrogen-bond acceptors (Lipinski definition) is 5. The molecule has 0 saturated carbocycles. The lowest BCUT2D eigenvalue weighted by Gasteiger charge is -2.38. The normalized spacial score (nSPS) is 17.7. The fraction of sp³-hybridized carbons (Fsp3) is 0.353. The predicted molar refractivity (Wildman–Crippen MR) is 84.1 cm³/mol. The van der Waals surface area contributed by atoms with Crippen LogP contribution in [-0.4, -0.2) is 39.8 Å². The Morgan fingerprint density at radius 2 is 2.13 bits per heavy atom. The lowest BCUT2D eigenvalue weighted by molar-refractivity contribution is -0.152. The van der Waals surface area contributed by atoms with E-state index >= 15 is 0 Å². The largest absolute Gasteiger partial charge is 0.445 e. The molecule has 1 aliphatic rings. The molecule has 23 heavy (non-hydrogen) atoms. The molecule has 3 rings (SSSR count). The van der Waals surface area contributed by atoms with E-state index in [2.05, 4.69) is 10.3 Å². The maximum Gasteiger partial charge on any atom is 0.359 e. The van der Waals surface area contributed by atoms with Crippen LogP contribution in [0.2, 0.25) is 0 Å². The SMILES string of the molecule is C/C=C/C1(OC(=O)c2cnnn2[C@H](C)c2ccccc2)COC1. The highest BCUT2D eigenvalue weighted by Crippen LogP contribution is 2.26. The van der Waals surface area contributed by atoms with Crippen LogP contribution in [0, 0.1) is 0 Å². The van der Waals surface area contributed by atoms with Crippen molar-refractivity contribution in [2.24, 2.45) is 0 Å². The van der Waals surface area contributed by atoms with E-state index in [1.54, 1.807) is 4.68 Å². The van der Waals surface area contributed by atoms with Gasteiger partial charge in [0.15, 0.2) is 11.3 Å². The number of carbonyl (C=O) groups excluding carboxylic acids is 1. The molecule has 1 aromatic carbocycles. The zero-order valence-electron chi connectivity index (χ0n) is 13.2. The average molecular weight is 313 g/mol. The van der Waals surface area contributed by atoms with Gasteiger partial charge in [-0.25, -0.2) is 9.48 Å². The van der Waals surface area contributed by atoms with E-state index in [-0.39, 0.29) is 6.04 Å². The summed E-state index contributed by atoms with van der Waals surface area (Å²) in [5.41, 5.74) is 0.705. The molecular weight excluding hydrogens is 294 g/mol. The van der Waals surface area contributed by atoms with E-state index < -0.39 is 11.6 Å². The van der Waals surface area contributed by atoms with Gasteiger partial charge in [0, 0.05) is 0 Å². The first kappa shape index (κ1) is 15.4. The summed E-state index contributed by atoms with van der Waals surface area (Å²) in [6.07, 6.45) is 5.14. The van der Waals surface area contributed by atoms with Crippen molar-refractivity contribution in [1.82, 2.24) is 15.0 Å². The Balaban J connectivity index is 1.82. The van der Waals surface area contributed by atoms with Gasteiger partial charge in [0.05, 0.1) is 25.5 Å². The summed E-state index contributed by atoms with van der Waals surface area (Å²) >= 11 is 0. The molecule has 6 nitrogen and oxygen atoms in total. The van der Waals surface area contributed by atoms with Crippen LogP contribution >= 0.6 is 0 Å². The molecule has 0 unspecified atom stereocenters. The Morgan fingerprint density at radius 3 is 2.74 bits per heavy atom. The van der Waals surface area contributed by atoms with E-state index in [0.717, 1.165) is 5.56 Å². The Bertz CT molecular complexity index is 705. The van der Waals surface area contributed by atoms with Gasteiger partial charge in [-0.2, -0.15) is 0 Å². The molecule has 120 valence electrons. The molecule has 0 spiro atoms. The third kappa shape index (κ3) is 3.03. The Labute approximate surface area is 134 Å². The van der Waals surface area contributed by atoms with Gasteiger partial charge < -0.3 is 9.47 Å². The van der Waals surface area contributed by atoms with Crippen molar-refractivity contribution < 1.29 is 14.3 Å². The number of rotatable bonds is 5. The van der Waals surface area contributed by atoms with Crippen LogP contribution in [-0.2, 0) is 9.47 Å². The molecule has 0 bridgehead atoms. The average Bonchev–Trinajstić information content (AvgIpc) is 3.02. The summed E-state index contributed by atoms with van der Waals surface area (Å²) in [5.74, 6) is -0.445. The molecule has 2 aromatic rings. The summed E-state index contributed by atoms with van der Waals surface area (Å²) in [6.45, 7) is 4.60. The van der Waals surface area contributed by atoms with Gasteiger partial charge >= 0.3 is 5.97 Å². The number of esters is 1. The maximum absolute atomic E-state index is 12.5. The summed E-state index contributed by atoms with van der Waals surface area (Å²) in [4.78, 5) is 12.5. The first-order valence-electron chi connectivity index (χ1n) is 7.55. The van der Waals surface area contributed by atoms with Crippen molar-refractivity contribution in [1.29, 1.82) is 0 Å². The first-order valence-corrected chi connectivity index (χ1v) is 7.55. The standard InChI is InChI=1S/C17H19N3O3/c1-3-9-17(11-22-12-17)23-16(21)15-10-18-19-20(15)13(2)14-7-5-4-6-8-14/h3-10,13H,11-12H2,1-2H3/b9-3+/t13-/m1/s1. The van der Waals surface area contributed by atoms with Crippen molar-refractivity contribution in [2.45, 2.75) is 25.5 Å². The van der Waals surface area contributed by atoms with Crippen LogP contribution in [0.3, 0.4) is 0 Å². The number of allylic oxidation sites excluding steroid dienone is 1. The molecule has 2 heterocycles. The van der Waals surface area contributed by atoms with Gasteiger partial charge in [-0.1, -0.05) is 41.6 Å². The Morgan fingerprint density at radius 1 is 1.39 bits per heavy atom. The minimum absolute atomic E-state index is 0.114. The van der Waals surface area contributed by atoms with Crippen molar-refractivity contribution in [3.63, 3.8) is 0 Å². The quantitative estimate of drug-likeness (QED) is 0.626. The molecule has 1 aromatic heterocycles. The van der Waals surface area contributed by atoms with Crippen LogP contribution in [0.5, 0.6) is 0 Å². The molecule has 0 radical (unpaired) electrons. The van der Waals surface area contributed by atoms with Gasteiger partial charge in [0.2, 0.25) is 0 Å². The summed E-state index contributed by atoms with van der Waals surface area (Å²) < 4.78 is 12.4. The zero-order chi connectivity index (χ0) is 16.3. The second-order valence-electron chi connectivity index (χ2n) is 5.60. The van der Waals surface area contributed by atoms with Crippen molar-refractivity contribution >= 4 is 5.97 Å². The second-order valence-corrected chi connectivity index (χ2v) is 5.60. The molecule has 1 aliphatic heterocycles. The van der Waals surface area contributed by atoms with Crippen LogP contribution in [0.15, 0.2) is 48.7 Å². The third-order valence-electron chi connectivity index (χ3n) is 3.89. The van der Waals surface area contributed by atoms with Crippen molar-refractivity contribution in [2.75, 3.05) is 13.2 Å². The molecule has 1 atom stereocenters. The van der Waals surface area contributed by atoms with Gasteiger partial charge in [-0.05, 0) is 25.5 Å². The fourth-order valence-electron chi connectivity index (χ4n) is 2.58. The highest BCUT2D eigenvalue weighted by Gasteiger charge is 2.41. The topological polar surface area (TPSA) is 66.2 Å². The molecule has 1 saturated heterocycles. The van der Waals surface area contributed by atoms with Gasteiger partial charge in [0.25, 0.3) is 0 Å². The van der Waals surface area contributed by atoms with Crippen LogP contribution in [0.4, 0.5) is 0 Å². The van der Waals surface area contributed by atoms with E-state index in [1.165, 1.54) is 6.20 Å². The van der Waals surface area contributed by atoms with Gasteiger partial charge in [0.1, 0.15) is 0 Å². The van der Waals surface area contributed by atoms with E-state index in [0.29, 0.717) is 18.9 Å². The predicted octanol–water partition coefficient (Wildman–Crippen LogP) is 2.39. The van der Waals surface area contributed by atoms with Crippen LogP contribution in [0.1, 0.15) is 35.9 Å². The maximum atomic E-state index is 12.5. The van der Waals surface area contributed by atoms with Gasteiger partial charge in [-0.3, -0.25) is 0 Å². The van der Waals surface area contributed by atoms with E-state index in [4.69, 9.17) is 9.47 Å². The minimum atomic E-state index is -0.670. The lowest BCUT2D eigenvalue weighted by Crippen LogP contribution is -2.51. The Kier molecular flexibility index (Phi) is 4.25. The minimum Gasteiger partial charge on any atom is -0.445 e. The number of carbonyl (C=O) groups is 1. The van der Waals surface area contributed by atoms with E-state index in [9.17, 15) is 4.79 Å². The van der Waals surface area contributed by atoms with Crippen molar-refractivity contribution in [3.8, 4) is 0 Å². The Hall–Kier alpha value is -2.47. The summed E-state index contributed by atoms with van der Waals surface area (Å²) in [5, 5.41) is 7.92.